The topological polar surface area (TPSA) is 70.0 Å². The number of hydrogen-bond donors (Lipinski definition) is 2. The van der Waals surface area contributed by atoms with Crippen LogP contribution in [0.15, 0.2) is 54.6 Å². The van der Waals surface area contributed by atoms with E-state index in [0.717, 1.165) is 37.0 Å². The number of para-hydroxylation sites is 1. The second-order valence-electron chi connectivity index (χ2n) is 7.31. The van der Waals surface area contributed by atoms with Crippen molar-refractivity contribution >= 4 is 5.91 Å². The van der Waals surface area contributed by atoms with Crippen LogP contribution in [0.2, 0.25) is 0 Å². The SMILES string of the molecule is O=C(c1ccccc1)N1CCCCCc2ccccc2OC[C@@H](O)[C@@H](O)CC1. The predicted molar refractivity (Wildman–Crippen MR) is 108 cm³/mol. The van der Waals surface area contributed by atoms with Crippen LogP contribution in [0, 0.1) is 0 Å². The van der Waals surface area contributed by atoms with Gasteiger partial charge >= 0.3 is 0 Å². The van der Waals surface area contributed by atoms with Gasteiger partial charge in [-0.3, -0.25) is 4.79 Å². The molecule has 150 valence electrons. The second kappa shape index (κ2) is 10.2. The Morgan fingerprint density at radius 2 is 1.64 bits per heavy atom. The number of nitrogens with zero attached hydrogens (tertiary/aromatic N) is 1. The molecule has 1 heterocycles. The van der Waals surface area contributed by atoms with Gasteiger partial charge in [-0.15, -0.1) is 0 Å². The number of carbonyl (C=O) groups is 1. The highest BCUT2D eigenvalue weighted by Gasteiger charge is 2.22. The molecule has 0 fully saturated rings. The fourth-order valence-electron chi connectivity index (χ4n) is 3.49. The zero-order valence-corrected chi connectivity index (χ0v) is 16.2. The summed E-state index contributed by atoms with van der Waals surface area (Å²) < 4.78 is 5.77. The molecule has 0 unspecified atom stereocenters. The molecule has 1 aliphatic heterocycles. The summed E-state index contributed by atoms with van der Waals surface area (Å²) in [6.07, 6.45) is 2.19. The lowest BCUT2D eigenvalue weighted by molar-refractivity contribution is -0.0153. The molecule has 1 amide bonds. The van der Waals surface area contributed by atoms with Crippen LogP contribution in [-0.4, -0.2) is 52.9 Å². The zero-order chi connectivity index (χ0) is 19.8. The maximum absolute atomic E-state index is 12.8. The number of carbonyl (C=O) groups excluding carboxylic acids is 1. The van der Waals surface area contributed by atoms with Gasteiger partial charge in [0, 0.05) is 18.7 Å². The van der Waals surface area contributed by atoms with Gasteiger partial charge in [-0.1, -0.05) is 42.8 Å². The molecular formula is C23H29NO4. The smallest absolute Gasteiger partial charge is 0.253 e. The molecule has 0 saturated heterocycles. The van der Waals surface area contributed by atoms with Gasteiger partial charge in [0.1, 0.15) is 18.5 Å². The highest BCUT2D eigenvalue weighted by atomic mass is 16.5. The first kappa shape index (κ1) is 20.4. The molecule has 0 aliphatic carbocycles. The molecule has 5 heteroatoms. The number of benzene rings is 2. The number of aliphatic hydroxyl groups is 2. The van der Waals surface area contributed by atoms with Crippen LogP contribution in [0.1, 0.15) is 41.6 Å². The quantitative estimate of drug-likeness (QED) is 0.794. The first-order valence-corrected chi connectivity index (χ1v) is 10.1. The minimum atomic E-state index is -0.996. The summed E-state index contributed by atoms with van der Waals surface area (Å²) in [5, 5.41) is 20.6. The molecule has 1 aliphatic rings. The van der Waals surface area contributed by atoms with Gasteiger partial charge < -0.3 is 19.8 Å². The Balaban J connectivity index is 1.70. The second-order valence-corrected chi connectivity index (χ2v) is 7.31. The number of ether oxygens (including phenoxy) is 1. The van der Waals surface area contributed by atoms with Gasteiger partial charge in [-0.2, -0.15) is 0 Å². The molecule has 0 aromatic heterocycles. The van der Waals surface area contributed by atoms with E-state index in [1.807, 2.05) is 54.6 Å². The number of amides is 1. The third-order valence-corrected chi connectivity index (χ3v) is 5.20. The van der Waals surface area contributed by atoms with Crippen molar-refractivity contribution in [3.05, 3.63) is 65.7 Å². The van der Waals surface area contributed by atoms with Crippen molar-refractivity contribution in [1.82, 2.24) is 4.90 Å². The van der Waals surface area contributed by atoms with E-state index in [0.29, 0.717) is 25.1 Å². The largest absolute Gasteiger partial charge is 0.491 e. The van der Waals surface area contributed by atoms with E-state index < -0.39 is 12.2 Å². The summed E-state index contributed by atoms with van der Waals surface area (Å²) in [6, 6.07) is 17.0. The monoisotopic (exact) mass is 383 g/mol. The normalized spacial score (nSPS) is 21.9. The van der Waals surface area contributed by atoms with E-state index in [2.05, 4.69) is 0 Å². The Bertz CT molecular complexity index is 749. The van der Waals surface area contributed by atoms with Gasteiger partial charge in [0.2, 0.25) is 0 Å². The van der Waals surface area contributed by atoms with Crippen molar-refractivity contribution < 1.29 is 19.7 Å². The average Bonchev–Trinajstić information content (AvgIpc) is 2.74. The minimum Gasteiger partial charge on any atom is -0.491 e. The van der Waals surface area contributed by atoms with E-state index in [1.54, 1.807) is 4.90 Å². The highest BCUT2D eigenvalue weighted by molar-refractivity contribution is 5.94. The number of aryl methyl sites for hydroxylation is 1. The molecule has 0 radical (unpaired) electrons. The maximum atomic E-state index is 12.8. The van der Waals surface area contributed by atoms with Crippen molar-refractivity contribution in [3.8, 4) is 5.75 Å². The Morgan fingerprint density at radius 1 is 0.893 bits per heavy atom. The molecule has 0 saturated carbocycles. The number of aliphatic hydroxyl groups excluding tert-OH is 2. The van der Waals surface area contributed by atoms with Gasteiger partial charge in [-0.05, 0) is 49.4 Å². The molecule has 5 nitrogen and oxygen atoms in total. The number of fused-ring (bicyclic) bond motifs is 1. The Hall–Kier alpha value is -2.37. The molecule has 28 heavy (non-hydrogen) atoms. The molecule has 3 rings (SSSR count). The van der Waals surface area contributed by atoms with Crippen molar-refractivity contribution in [1.29, 1.82) is 0 Å². The standard InChI is InChI=1S/C23H29NO4/c25-20-14-16-24(23(27)19-11-3-1-4-12-19)15-8-2-5-9-18-10-6-7-13-22(18)28-17-21(20)26/h1,3-4,6-7,10-13,20-21,25-26H,2,5,8-9,14-17H2/t20-,21+/m0/s1. The molecular weight excluding hydrogens is 354 g/mol. The molecule has 2 aromatic carbocycles. The molecule has 2 N–H and O–H groups in total. The van der Waals surface area contributed by atoms with E-state index >= 15 is 0 Å². The maximum Gasteiger partial charge on any atom is 0.253 e. The number of rotatable bonds is 1. The minimum absolute atomic E-state index is 0.0315. The third-order valence-electron chi connectivity index (χ3n) is 5.20. The lowest BCUT2D eigenvalue weighted by atomic mass is 10.0. The van der Waals surface area contributed by atoms with E-state index in [4.69, 9.17) is 4.74 Å². The summed E-state index contributed by atoms with van der Waals surface area (Å²) in [4.78, 5) is 14.6. The van der Waals surface area contributed by atoms with Crippen molar-refractivity contribution in [2.45, 2.75) is 44.3 Å². The molecule has 2 aromatic rings. The lowest BCUT2D eigenvalue weighted by Gasteiger charge is -2.26. The van der Waals surface area contributed by atoms with Gasteiger partial charge in [-0.25, -0.2) is 0 Å². The Labute approximate surface area is 166 Å². The summed E-state index contributed by atoms with van der Waals surface area (Å²) >= 11 is 0. The van der Waals surface area contributed by atoms with Gasteiger partial charge in [0.25, 0.3) is 5.91 Å². The van der Waals surface area contributed by atoms with Crippen LogP contribution < -0.4 is 4.74 Å². The van der Waals surface area contributed by atoms with E-state index in [-0.39, 0.29) is 12.5 Å². The highest BCUT2D eigenvalue weighted by Crippen LogP contribution is 2.21. The van der Waals surface area contributed by atoms with Crippen molar-refractivity contribution in [2.75, 3.05) is 19.7 Å². The van der Waals surface area contributed by atoms with Crippen LogP contribution in [-0.2, 0) is 6.42 Å². The molecule has 0 bridgehead atoms. The van der Waals surface area contributed by atoms with Crippen molar-refractivity contribution in [3.63, 3.8) is 0 Å². The molecule has 2 atom stereocenters. The third kappa shape index (κ3) is 5.57. The first-order chi connectivity index (χ1) is 13.6. The van der Waals surface area contributed by atoms with E-state index in [9.17, 15) is 15.0 Å². The lowest BCUT2D eigenvalue weighted by Crippen LogP contribution is -2.38. The van der Waals surface area contributed by atoms with E-state index in [1.165, 1.54) is 0 Å². The van der Waals surface area contributed by atoms with Gasteiger partial charge in [0.05, 0.1) is 6.10 Å². The summed E-state index contributed by atoms with van der Waals surface area (Å²) in [5.41, 5.74) is 1.76. The van der Waals surface area contributed by atoms with Crippen LogP contribution >= 0.6 is 0 Å². The summed E-state index contributed by atoms with van der Waals surface area (Å²) in [7, 11) is 0. The Morgan fingerprint density at radius 3 is 2.46 bits per heavy atom. The zero-order valence-electron chi connectivity index (χ0n) is 16.2. The Kier molecular flexibility index (Phi) is 7.46. The van der Waals surface area contributed by atoms with Crippen LogP contribution in [0.4, 0.5) is 0 Å². The van der Waals surface area contributed by atoms with Crippen LogP contribution in [0.5, 0.6) is 5.75 Å². The fourth-order valence-corrected chi connectivity index (χ4v) is 3.49. The van der Waals surface area contributed by atoms with Crippen molar-refractivity contribution in [2.24, 2.45) is 0 Å². The summed E-state index contributed by atoms with van der Waals surface area (Å²) in [6.45, 7) is 1.09. The van der Waals surface area contributed by atoms with Crippen LogP contribution in [0.25, 0.3) is 0 Å². The summed E-state index contributed by atoms with van der Waals surface area (Å²) in [5.74, 6) is 0.739. The first-order valence-electron chi connectivity index (χ1n) is 10.1. The average molecular weight is 383 g/mol. The van der Waals surface area contributed by atoms with Gasteiger partial charge in [0.15, 0.2) is 0 Å². The predicted octanol–water partition coefficient (Wildman–Crippen LogP) is 3.05. The fraction of sp³-hybridized carbons (Fsp3) is 0.435. The molecule has 0 spiro atoms. The van der Waals surface area contributed by atoms with Crippen LogP contribution in [0.3, 0.4) is 0 Å². The number of hydrogen-bond acceptors (Lipinski definition) is 4.